The number of allylic oxidation sites excluding steroid dienone is 1. The van der Waals surface area contributed by atoms with Gasteiger partial charge in [-0.05, 0) is 70.9 Å². The Balaban J connectivity index is 1.68. The van der Waals surface area contributed by atoms with Gasteiger partial charge in [-0.3, -0.25) is 4.99 Å². The fraction of sp³-hybridized carbons (Fsp3) is 0.500. The molecule has 1 amide bonds. The monoisotopic (exact) mass is 593 g/mol. The van der Waals surface area contributed by atoms with Crippen molar-refractivity contribution in [3.63, 3.8) is 0 Å². The predicted octanol–water partition coefficient (Wildman–Crippen LogP) is 7.21. The van der Waals surface area contributed by atoms with Gasteiger partial charge < -0.3 is 19.1 Å². The number of benzene rings is 1. The summed E-state index contributed by atoms with van der Waals surface area (Å²) >= 11 is 1.75. The first-order valence-corrected chi connectivity index (χ1v) is 15.4. The minimum Gasteiger partial charge on any atom is -0.497 e. The summed E-state index contributed by atoms with van der Waals surface area (Å²) in [6, 6.07) is 9.80. The van der Waals surface area contributed by atoms with Gasteiger partial charge in [0.2, 0.25) is 5.88 Å². The normalized spacial score (nSPS) is 15.1. The molecular weight excluding hydrogens is 550 g/mol. The van der Waals surface area contributed by atoms with E-state index in [1.807, 2.05) is 68.7 Å². The van der Waals surface area contributed by atoms with Gasteiger partial charge in [-0.1, -0.05) is 26.0 Å². The van der Waals surface area contributed by atoms with Gasteiger partial charge in [0, 0.05) is 35.7 Å². The standard InChI is InChI=1S/C32H43N5O4S/c1-21(2)20-42-29(22(3)33-7)26-18-34-37-27(24-13-15-36(16-14-24)31(38)41-32(4,5)6)17-28(35-30(26)37)40-19-23-9-11-25(39-8)12-10-23/h9-12,17-18,21,24H,7,13-16,19-20H2,1-6,8H3/b29-22-. The lowest BCUT2D eigenvalue weighted by atomic mass is 9.93. The van der Waals surface area contributed by atoms with E-state index in [0.29, 0.717) is 31.5 Å². The molecule has 1 aliphatic heterocycles. The summed E-state index contributed by atoms with van der Waals surface area (Å²) in [5.74, 6) is 2.93. The second-order valence-electron chi connectivity index (χ2n) is 12.0. The Morgan fingerprint density at radius 1 is 1.19 bits per heavy atom. The fourth-order valence-corrected chi connectivity index (χ4v) is 5.82. The summed E-state index contributed by atoms with van der Waals surface area (Å²) in [6.45, 7) is 17.4. The summed E-state index contributed by atoms with van der Waals surface area (Å²) in [7, 11) is 1.65. The molecule has 1 saturated heterocycles. The minimum atomic E-state index is -0.524. The van der Waals surface area contributed by atoms with E-state index < -0.39 is 5.60 Å². The number of amides is 1. The van der Waals surface area contributed by atoms with E-state index in [1.165, 1.54) is 0 Å². The first-order chi connectivity index (χ1) is 20.0. The average Bonchev–Trinajstić information content (AvgIpc) is 3.38. The molecule has 0 N–H and O–H groups in total. The van der Waals surface area contributed by atoms with Crippen LogP contribution in [0.25, 0.3) is 10.6 Å². The quantitative estimate of drug-likeness (QED) is 0.229. The molecule has 1 fully saturated rings. The average molecular weight is 594 g/mol. The zero-order valence-corrected chi connectivity index (χ0v) is 26.7. The summed E-state index contributed by atoms with van der Waals surface area (Å²) in [5.41, 5.74) is 3.97. The zero-order valence-electron chi connectivity index (χ0n) is 25.8. The minimum absolute atomic E-state index is 0.166. The lowest BCUT2D eigenvalue weighted by Crippen LogP contribution is -2.41. The number of fused-ring (bicyclic) bond motifs is 1. The number of rotatable bonds is 10. The third-order valence-corrected chi connectivity index (χ3v) is 8.60. The topological polar surface area (TPSA) is 90.6 Å². The maximum absolute atomic E-state index is 12.7. The molecule has 226 valence electrons. The third kappa shape index (κ3) is 7.85. The Kier molecular flexibility index (Phi) is 10.2. The molecule has 1 aliphatic rings. The van der Waals surface area contributed by atoms with Crippen molar-refractivity contribution in [1.82, 2.24) is 19.5 Å². The fourth-order valence-electron chi connectivity index (χ4n) is 4.75. The number of carbonyl (C=O) groups is 1. The second kappa shape index (κ2) is 13.6. The number of nitrogens with zero attached hydrogens (tertiary/aromatic N) is 5. The number of piperidine rings is 1. The number of aliphatic imine (C=N–C) groups is 1. The summed E-state index contributed by atoms with van der Waals surface area (Å²) in [6.07, 6.45) is 3.16. The molecule has 10 heteroatoms. The van der Waals surface area contributed by atoms with E-state index in [4.69, 9.17) is 24.3 Å². The van der Waals surface area contributed by atoms with Crippen LogP contribution in [0.1, 0.15) is 77.1 Å². The van der Waals surface area contributed by atoms with Crippen LogP contribution in [-0.4, -0.2) is 63.9 Å². The van der Waals surface area contributed by atoms with Gasteiger partial charge in [0.1, 0.15) is 18.0 Å². The van der Waals surface area contributed by atoms with Crippen LogP contribution in [0, 0.1) is 5.92 Å². The smallest absolute Gasteiger partial charge is 0.410 e. The van der Waals surface area contributed by atoms with Crippen molar-refractivity contribution in [2.24, 2.45) is 10.9 Å². The number of carbonyl (C=O) groups excluding carboxylic acids is 1. The zero-order chi connectivity index (χ0) is 30.4. The number of likely N-dealkylation sites (tertiary alicyclic amines) is 1. The van der Waals surface area contributed by atoms with Gasteiger partial charge in [-0.15, -0.1) is 11.8 Å². The van der Waals surface area contributed by atoms with E-state index in [9.17, 15) is 4.79 Å². The highest BCUT2D eigenvalue weighted by molar-refractivity contribution is 8.08. The van der Waals surface area contributed by atoms with Crippen LogP contribution in [0.5, 0.6) is 11.6 Å². The summed E-state index contributed by atoms with van der Waals surface area (Å²) in [5, 5.41) is 4.81. The van der Waals surface area contributed by atoms with Crippen molar-refractivity contribution in [2.45, 2.75) is 72.5 Å². The maximum atomic E-state index is 12.7. The van der Waals surface area contributed by atoms with Crippen LogP contribution in [0.4, 0.5) is 4.79 Å². The lowest BCUT2D eigenvalue weighted by Gasteiger charge is -2.33. The van der Waals surface area contributed by atoms with Crippen LogP contribution >= 0.6 is 11.8 Å². The van der Waals surface area contributed by atoms with Gasteiger partial charge in [0.15, 0.2) is 5.65 Å². The van der Waals surface area contributed by atoms with Gasteiger partial charge in [0.05, 0.1) is 30.3 Å². The molecule has 0 bridgehead atoms. The molecule has 0 aliphatic carbocycles. The van der Waals surface area contributed by atoms with Crippen molar-refractivity contribution >= 4 is 35.1 Å². The van der Waals surface area contributed by atoms with Crippen LogP contribution < -0.4 is 9.47 Å². The van der Waals surface area contributed by atoms with Crippen molar-refractivity contribution in [3.05, 3.63) is 59.0 Å². The third-order valence-electron chi connectivity index (χ3n) is 6.96. The molecule has 3 aromatic rings. The summed E-state index contributed by atoms with van der Waals surface area (Å²) in [4.78, 5) is 24.7. The molecule has 9 nitrogen and oxygen atoms in total. The number of hydrogen-bond donors (Lipinski definition) is 0. The number of ether oxygens (including phenoxy) is 3. The number of methoxy groups -OCH3 is 1. The predicted molar refractivity (Wildman–Crippen MR) is 170 cm³/mol. The molecule has 0 unspecified atom stereocenters. The Hall–Kier alpha value is -3.53. The van der Waals surface area contributed by atoms with Gasteiger partial charge in [-0.2, -0.15) is 10.1 Å². The molecule has 0 atom stereocenters. The van der Waals surface area contributed by atoms with Gasteiger partial charge in [0.25, 0.3) is 0 Å². The van der Waals surface area contributed by atoms with E-state index in [0.717, 1.165) is 57.4 Å². The molecule has 3 heterocycles. The molecule has 4 rings (SSSR count). The Morgan fingerprint density at radius 2 is 1.88 bits per heavy atom. The van der Waals surface area contributed by atoms with Crippen molar-refractivity contribution in [3.8, 4) is 11.6 Å². The second-order valence-corrected chi connectivity index (χ2v) is 13.0. The summed E-state index contributed by atoms with van der Waals surface area (Å²) < 4.78 is 19.1. The molecule has 0 saturated carbocycles. The number of hydrogen-bond acceptors (Lipinski definition) is 8. The largest absolute Gasteiger partial charge is 0.497 e. The van der Waals surface area contributed by atoms with Gasteiger partial charge >= 0.3 is 6.09 Å². The Morgan fingerprint density at radius 3 is 2.48 bits per heavy atom. The van der Waals surface area contributed by atoms with Gasteiger partial charge in [-0.25, -0.2) is 9.31 Å². The highest BCUT2D eigenvalue weighted by atomic mass is 32.2. The van der Waals surface area contributed by atoms with E-state index in [2.05, 4.69) is 25.6 Å². The molecule has 1 aromatic carbocycles. The number of thioether (sulfide) groups is 1. The molecule has 0 radical (unpaired) electrons. The lowest BCUT2D eigenvalue weighted by molar-refractivity contribution is 0.0203. The highest BCUT2D eigenvalue weighted by Gasteiger charge is 2.30. The van der Waals surface area contributed by atoms with Crippen LogP contribution in [-0.2, 0) is 11.3 Å². The Labute approximate surface area is 253 Å². The Bertz CT molecular complexity index is 1420. The molecule has 0 spiro atoms. The van der Waals surface area contributed by atoms with E-state index in [1.54, 1.807) is 23.8 Å². The number of aromatic nitrogens is 3. The first-order valence-electron chi connectivity index (χ1n) is 14.4. The van der Waals surface area contributed by atoms with E-state index in [-0.39, 0.29) is 12.0 Å². The highest BCUT2D eigenvalue weighted by Crippen LogP contribution is 2.37. The molecular formula is C32H43N5O4S. The molecule has 2 aromatic heterocycles. The SMILES string of the molecule is C=N/C(C)=C(\SCC(C)C)c1cnn2c(C3CCN(C(=O)OC(C)(C)C)CC3)cc(OCc3ccc(OC)cc3)nc12. The van der Waals surface area contributed by atoms with Crippen molar-refractivity contribution in [1.29, 1.82) is 0 Å². The molecule has 42 heavy (non-hydrogen) atoms. The van der Waals surface area contributed by atoms with Crippen molar-refractivity contribution < 1.29 is 19.0 Å². The van der Waals surface area contributed by atoms with E-state index >= 15 is 0 Å². The van der Waals surface area contributed by atoms with Crippen LogP contribution in [0.3, 0.4) is 0 Å². The van der Waals surface area contributed by atoms with Crippen molar-refractivity contribution in [2.75, 3.05) is 26.0 Å². The van der Waals surface area contributed by atoms with Crippen LogP contribution in [0.15, 0.2) is 47.2 Å². The first kappa shape index (κ1) is 31.4. The maximum Gasteiger partial charge on any atom is 0.410 e. The van der Waals surface area contributed by atoms with Crippen LogP contribution in [0.2, 0.25) is 0 Å².